The van der Waals surface area contributed by atoms with Gasteiger partial charge in [-0.05, 0) is 30.9 Å². The highest BCUT2D eigenvalue weighted by Gasteiger charge is 2.15. The van der Waals surface area contributed by atoms with Gasteiger partial charge in [0.2, 0.25) is 0 Å². The van der Waals surface area contributed by atoms with Crippen LogP contribution in [0, 0.1) is 13.8 Å². The van der Waals surface area contributed by atoms with Crippen LogP contribution in [0.25, 0.3) is 11.3 Å². The van der Waals surface area contributed by atoms with Crippen LogP contribution in [0.5, 0.6) is 0 Å². The van der Waals surface area contributed by atoms with Gasteiger partial charge < -0.3 is 5.32 Å². The fourth-order valence-corrected chi connectivity index (χ4v) is 2.56. The van der Waals surface area contributed by atoms with E-state index in [0.717, 1.165) is 28.4 Å². The van der Waals surface area contributed by atoms with Crippen molar-refractivity contribution >= 4 is 23.3 Å². The van der Waals surface area contributed by atoms with Crippen LogP contribution in [0.1, 0.15) is 20.9 Å². The quantitative estimate of drug-likeness (QED) is 0.779. The van der Waals surface area contributed by atoms with Crippen LogP contribution < -0.4 is 5.32 Å². The van der Waals surface area contributed by atoms with Gasteiger partial charge >= 0.3 is 0 Å². The van der Waals surface area contributed by atoms with Crippen LogP contribution in [-0.4, -0.2) is 25.7 Å². The van der Waals surface area contributed by atoms with Crippen LogP contribution >= 0.6 is 11.5 Å². The molecule has 0 bridgehead atoms. The maximum atomic E-state index is 12.1. The number of anilines is 1. The molecule has 2 heterocycles. The SMILES string of the molecule is Cc1ccccc1-c1cc(NC(=O)c2snnc2C)n[nH]1. The van der Waals surface area contributed by atoms with Gasteiger partial charge in [-0.3, -0.25) is 9.89 Å². The van der Waals surface area contributed by atoms with Gasteiger partial charge in [-0.2, -0.15) is 5.10 Å². The summed E-state index contributed by atoms with van der Waals surface area (Å²) in [5, 5.41) is 13.6. The Bertz CT molecular complexity index is 792. The first-order valence-electron chi connectivity index (χ1n) is 6.37. The van der Waals surface area contributed by atoms with Gasteiger partial charge in [-0.1, -0.05) is 28.8 Å². The second-order valence-corrected chi connectivity index (χ2v) is 5.38. The van der Waals surface area contributed by atoms with Gasteiger partial charge in [-0.15, -0.1) is 5.10 Å². The molecule has 0 aliphatic rings. The molecule has 6 nitrogen and oxygen atoms in total. The lowest BCUT2D eigenvalue weighted by atomic mass is 10.1. The first-order valence-corrected chi connectivity index (χ1v) is 7.14. The summed E-state index contributed by atoms with van der Waals surface area (Å²) in [6.07, 6.45) is 0. The molecular weight excluding hydrogens is 286 g/mol. The number of carbonyl (C=O) groups excluding carboxylic acids is 1. The normalized spacial score (nSPS) is 10.6. The van der Waals surface area contributed by atoms with Crippen LogP contribution in [-0.2, 0) is 0 Å². The molecular formula is C14H13N5OS. The summed E-state index contributed by atoms with van der Waals surface area (Å²) in [5.41, 5.74) is 3.68. The van der Waals surface area contributed by atoms with E-state index in [4.69, 9.17) is 0 Å². The van der Waals surface area contributed by atoms with E-state index in [1.807, 2.05) is 37.3 Å². The van der Waals surface area contributed by atoms with Crippen LogP contribution in [0.3, 0.4) is 0 Å². The lowest BCUT2D eigenvalue weighted by Gasteiger charge is -2.01. The standard InChI is InChI=1S/C14H13N5OS/c1-8-5-3-4-6-10(8)11-7-12(18-17-11)15-14(20)13-9(2)16-19-21-13/h3-7H,1-2H3,(H2,15,17,18,20). The average Bonchev–Trinajstić information content (AvgIpc) is 3.08. The van der Waals surface area contributed by atoms with Crippen molar-refractivity contribution in [3.05, 3.63) is 46.5 Å². The lowest BCUT2D eigenvalue weighted by molar-refractivity contribution is 0.102. The number of H-pyrrole nitrogens is 1. The van der Waals surface area contributed by atoms with Gasteiger partial charge in [0.05, 0.1) is 11.4 Å². The van der Waals surface area contributed by atoms with Crippen LogP contribution in [0.2, 0.25) is 0 Å². The van der Waals surface area contributed by atoms with Crippen molar-refractivity contribution < 1.29 is 4.79 Å². The average molecular weight is 299 g/mol. The van der Waals surface area contributed by atoms with Crippen LogP contribution in [0.4, 0.5) is 5.82 Å². The van der Waals surface area contributed by atoms with Crippen molar-refractivity contribution in [2.45, 2.75) is 13.8 Å². The van der Waals surface area contributed by atoms with E-state index in [1.54, 1.807) is 6.92 Å². The minimum absolute atomic E-state index is 0.245. The molecule has 0 spiro atoms. The summed E-state index contributed by atoms with van der Waals surface area (Å²) in [7, 11) is 0. The molecule has 0 aliphatic carbocycles. The summed E-state index contributed by atoms with van der Waals surface area (Å²) >= 11 is 1.07. The summed E-state index contributed by atoms with van der Waals surface area (Å²) in [6, 6.07) is 9.79. The number of nitrogens with one attached hydrogen (secondary N) is 2. The van der Waals surface area contributed by atoms with Crippen molar-refractivity contribution in [1.29, 1.82) is 0 Å². The topological polar surface area (TPSA) is 83.6 Å². The number of carbonyl (C=O) groups is 1. The maximum absolute atomic E-state index is 12.1. The number of rotatable bonds is 3. The third-order valence-corrected chi connectivity index (χ3v) is 3.94. The summed E-state index contributed by atoms with van der Waals surface area (Å²) < 4.78 is 3.75. The van der Waals surface area contributed by atoms with E-state index in [1.165, 1.54) is 0 Å². The molecule has 3 rings (SSSR count). The number of hydrogen-bond donors (Lipinski definition) is 2. The zero-order valence-electron chi connectivity index (χ0n) is 11.5. The maximum Gasteiger partial charge on any atom is 0.270 e. The minimum Gasteiger partial charge on any atom is -0.304 e. The number of aromatic amines is 1. The van der Waals surface area contributed by atoms with Crippen molar-refractivity contribution in [3.63, 3.8) is 0 Å². The Morgan fingerprint density at radius 1 is 1.29 bits per heavy atom. The largest absolute Gasteiger partial charge is 0.304 e. The zero-order chi connectivity index (χ0) is 14.8. The molecule has 106 valence electrons. The number of amides is 1. The number of benzene rings is 1. The highest BCUT2D eigenvalue weighted by Crippen LogP contribution is 2.23. The van der Waals surface area contributed by atoms with Gasteiger partial charge in [0, 0.05) is 11.6 Å². The van der Waals surface area contributed by atoms with Crippen molar-refractivity contribution in [2.75, 3.05) is 5.32 Å². The molecule has 0 saturated heterocycles. The highest BCUT2D eigenvalue weighted by atomic mass is 32.1. The molecule has 7 heteroatoms. The summed E-state index contributed by atoms with van der Waals surface area (Å²) in [6.45, 7) is 3.78. The molecule has 0 aliphatic heterocycles. The van der Waals surface area contributed by atoms with E-state index < -0.39 is 0 Å². The Labute approximate surface area is 125 Å². The first kappa shape index (κ1) is 13.4. The second-order valence-electron chi connectivity index (χ2n) is 4.62. The fourth-order valence-electron chi connectivity index (χ4n) is 2.01. The molecule has 21 heavy (non-hydrogen) atoms. The Kier molecular flexibility index (Phi) is 3.49. The van der Waals surface area contributed by atoms with E-state index in [-0.39, 0.29) is 5.91 Å². The Morgan fingerprint density at radius 2 is 2.10 bits per heavy atom. The Morgan fingerprint density at radius 3 is 2.81 bits per heavy atom. The van der Waals surface area contributed by atoms with Crippen molar-refractivity contribution in [2.24, 2.45) is 0 Å². The third-order valence-electron chi connectivity index (χ3n) is 3.11. The molecule has 0 radical (unpaired) electrons. The highest BCUT2D eigenvalue weighted by molar-refractivity contribution is 7.08. The Balaban J connectivity index is 1.82. The smallest absolute Gasteiger partial charge is 0.270 e. The van der Waals surface area contributed by atoms with E-state index >= 15 is 0 Å². The zero-order valence-corrected chi connectivity index (χ0v) is 12.4. The van der Waals surface area contributed by atoms with E-state index in [0.29, 0.717) is 16.4 Å². The predicted octanol–water partition coefficient (Wildman–Crippen LogP) is 2.80. The molecule has 1 aromatic carbocycles. The lowest BCUT2D eigenvalue weighted by Crippen LogP contribution is -2.11. The van der Waals surface area contributed by atoms with Gasteiger partial charge in [0.15, 0.2) is 5.82 Å². The molecule has 3 aromatic rings. The molecule has 0 unspecified atom stereocenters. The summed E-state index contributed by atoms with van der Waals surface area (Å²) in [5.74, 6) is 0.233. The summed E-state index contributed by atoms with van der Waals surface area (Å²) in [4.78, 5) is 12.6. The van der Waals surface area contributed by atoms with Crippen LogP contribution in [0.15, 0.2) is 30.3 Å². The van der Waals surface area contributed by atoms with Crippen molar-refractivity contribution in [1.82, 2.24) is 19.8 Å². The van der Waals surface area contributed by atoms with Gasteiger partial charge in [-0.25, -0.2) is 0 Å². The second kappa shape index (κ2) is 5.45. The fraction of sp³-hybridized carbons (Fsp3) is 0.143. The molecule has 0 atom stereocenters. The van der Waals surface area contributed by atoms with E-state index in [2.05, 4.69) is 25.1 Å². The van der Waals surface area contributed by atoms with E-state index in [9.17, 15) is 4.79 Å². The molecule has 2 aromatic heterocycles. The molecule has 2 N–H and O–H groups in total. The first-order chi connectivity index (χ1) is 10.1. The molecule has 1 amide bonds. The predicted molar refractivity (Wildman–Crippen MR) is 81.4 cm³/mol. The number of aryl methyl sites for hydroxylation is 2. The molecule has 0 saturated carbocycles. The molecule has 0 fully saturated rings. The van der Waals surface area contributed by atoms with Gasteiger partial charge in [0.1, 0.15) is 4.88 Å². The van der Waals surface area contributed by atoms with Crippen molar-refractivity contribution in [3.8, 4) is 11.3 Å². The third kappa shape index (κ3) is 2.68. The number of hydrogen-bond acceptors (Lipinski definition) is 5. The minimum atomic E-state index is -0.245. The number of aromatic nitrogens is 4. The monoisotopic (exact) mass is 299 g/mol. The number of nitrogens with zero attached hydrogens (tertiary/aromatic N) is 3. The van der Waals surface area contributed by atoms with Gasteiger partial charge in [0.25, 0.3) is 5.91 Å². The Hall–Kier alpha value is -2.54.